The van der Waals surface area contributed by atoms with Gasteiger partial charge in [-0.15, -0.1) is 11.3 Å². The van der Waals surface area contributed by atoms with Crippen molar-refractivity contribution >= 4 is 50.7 Å². The summed E-state index contributed by atoms with van der Waals surface area (Å²) < 4.78 is 2.81. The highest BCUT2D eigenvalue weighted by Crippen LogP contribution is 2.33. The van der Waals surface area contributed by atoms with E-state index in [9.17, 15) is 19.2 Å². The Morgan fingerprint density at radius 1 is 0.979 bits per heavy atom. The van der Waals surface area contributed by atoms with Crippen molar-refractivity contribution < 1.29 is 4.79 Å². The number of aromatic nitrogens is 4. The summed E-state index contributed by atoms with van der Waals surface area (Å²) in [6.07, 6.45) is 1.36. The molecular formula is C36H34N6O4S2. The Morgan fingerprint density at radius 3 is 2.38 bits per heavy atom. The summed E-state index contributed by atoms with van der Waals surface area (Å²) in [5.74, 6) is -0.635. The number of hydrogen-bond acceptors (Lipinski definition) is 8. The highest BCUT2D eigenvalue weighted by atomic mass is 32.2. The minimum absolute atomic E-state index is 0.0740. The summed E-state index contributed by atoms with van der Waals surface area (Å²) in [4.78, 5) is 64.3. The number of nitrogens with zero attached hydrogens (tertiary/aromatic N) is 4. The number of amides is 1. The summed E-state index contributed by atoms with van der Waals surface area (Å²) in [7, 11) is 0. The van der Waals surface area contributed by atoms with Crippen molar-refractivity contribution in [1.82, 2.24) is 19.1 Å². The maximum atomic E-state index is 14.1. The quantitative estimate of drug-likeness (QED) is 0.130. The molecule has 244 valence electrons. The van der Waals surface area contributed by atoms with Gasteiger partial charge in [0.15, 0.2) is 10.8 Å². The molecule has 12 heteroatoms. The second-order valence-electron chi connectivity index (χ2n) is 11.3. The van der Waals surface area contributed by atoms with Crippen molar-refractivity contribution in [2.75, 3.05) is 22.9 Å². The van der Waals surface area contributed by atoms with Crippen molar-refractivity contribution in [2.45, 2.75) is 38.4 Å². The molecule has 1 amide bonds. The first-order valence-electron chi connectivity index (χ1n) is 15.5. The summed E-state index contributed by atoms with van der Waals surface area (Å²) in [6.45, 7) is 4.24. The molecule has 6 aromatic rings. The monoisotopic (exact) mass is 678 g/mol. The fraction of sp³-hybridized carbons (Fsp3) is 0.194. The van der Waals surface area contributed by atoms with Crippen LogP contribution in [0.15, 0.2) is 111 Å². The topological polar surface area (TPSA) is 136 Å². The lowest BCUT2D eigenvalue weighted by Gasteiger charge is -2.24. The molecule has 3 aromatic heterocycles. The lowest BCUT2D eigenvalue weighted by molar-refractivity contribution is -0.116. The van der Waals surface area contributed by atoms with E-state index in [2.05, 4.69) is 4.98 Å². The first-order valence-corrected chi connectivity index (χ1v) is 17.3. The van der Waals surface area contributed by atoms with Crippen LogP contribution in [0, 0.1) is 6.92 Å². The van der Waals surface area contributed by atoms with Crippen molar-refractivity contribution in [1.29, 1.82) is 0 Å². The average molecular weight is 679 g/mol. The molecule has 0 unspecified atom stereocenters. The standard InChI is InChI=1S/C36H34N6O4S2/c1-3-4-19-40(30-31(37)41(35(46)38-32(30)44)21-24-14-7-5-8-15-24)29(43)22-47-36-39-33-26(20-28(48-33)25-16-9-6-10-17-25)34(45)42(36)27-18-12-11-13-23(27)2/h5-18,20H,3-4,19,21-22,37H2,1-2H3,(H,38,44,46). The van der Waals surface area contributed by atoms with Crippen molar-refractivity contribution in [3.8, 4) is 16.1 Å². The molecule has 0 saturated carbocycles. The summed E-state index contributed by atoms with van der Waals surface area (Å²) >= 11 is 2.53. The van der Waals surface area contributed by atoms with Gasteiger partial charge in [-0.3, -0.25) is 28.5 Å². The molecule has 0 aliphatic carbocycles. The number of nitrogen functional groups attached to an aromatic ring is 1. The second-order valence-corrected chi connectivity index (χ2v) is 13.2. The number of hydrogen-bond donors (Lipinski definition) is 2. The smallest absolute Gasteiger partial charge is 0.330 e. The highest BCUT2D eigenvalue weighted by molar-refractivity contribution is 7.99. The van der Waals surface area contributed by atoms with E-state index < -0.39 is 17.2 Å². The first kappa shape index (κ1) is 32.7. The minimum atomic E-state index is -0.736. The lowest BCUT2D eigenvalue weighted by atomic mass is 10.2. The van der Waals surface area contributed by atoms with Gasteiger partial charge in [-0.25, -0.2) is 9.78 Å². The Balaban J connectivity index is 1.39. The molecule has 0 spiro atoms. The molecule has 48 heavy (non-hydrogen) atoms. The van der Waals surface area contributed by atoms with Gasteiger partial charge in [0.1, 0.15) is 10.6 Å². The van der Waals surface area contributed by atoms with Crippen LogP contribution in [0.3, 0.4) is 0 Å². The Labute approximate surface area is 284 Å². The number of para-hydroxylation sites is 1. The summed E-state index contributed by atoms with van der Waals surface area (Å²) in [5.41, 5.74) is 8.11. The van der Waals surface area contributed by atoms with Gasteiger partial charge in [0.2, 0.25) is 5.91 Å². The van der Waals surface area contributed by atoms with Crippen LogP contribution in [0.2, 0.25) is 0 Å². The van der Waals surface area contributed by atoms with Gasteiger partial charge in [0, 0.05) is 11.4 Å². The molecular weight excluding hydrogens is 645 g/mol. The zero-order chi connectivity index (χ0) is 33.8. The van der Waals surface area contributed by atoms with E-state index in [1.165, 1.54) is 20.8 Å². The number of rotatable bonds is 11. The van der Waals surface area contributed by atoms with Gasteiger partial charge in [0.25, 0.3) is 11.1 Å². The molecule has 0 atom stereocenters. The first-order chi connectivity index (χ1) is 23.3. The third-order valence-corrected chi connectivity index (χ3v) is 9.98. The number of aryl methyl sites for hydroxylation is 1. The predicted molar refractivity (Wildman–Crippen MR) is 195 cm³/mol. The second kappa shape index (κ2) is 14.3. The summed E-state index contributed by atoms with van der Waals surface area (Å²) in [5, 5.41) is 0.838. The Hall–Kier alpha value is -5.20. The molecule has 0 radical (unpaired) electrons. The maximum absolute atomic E-state index is 14.1. The number of anilines is 2. The van der Waals surface area contributed by atoms with Gasteiger partial charge in [0.05, 0.1) is 23.4 Å². The van der Waals surface area contributed by atoms with E-state index in [0.717, 1.165) is 39.8 Å². The molecule has 10 nitrogen and oxygen atoms in total. The van der Waals surface area contributed by atoms with E-state index in [0.29, 0.717) is 27.5 Å². The largest absolute Gasteiger partial charge is 0.383 e. The van der Waals surface area contributed by atoms with Crippen LogP contribution in [-0.2, 0) is 11.3 Å². The normalized spacial score (nSPS) is 11.2. The van der Waals surface area contributed by atoms with Gasteiger partial charge < -0.3 is 10.6 Å². The number of unbranched alkanes of at least 4 members (excludes halogenated alkanes) is 1. The Kier molecular flexibility index (Phi) is 9.74. The average Bonchev–Trinajstić information content (AvgIpc) is 3.53. The molecule has 6 rings (SSSR count). The third kappa shape index (κ3) is 6.62. The van der Waals surface area contributed by atoms with Crippen molar-refractivity contribution in [2.24, 2.45) is 0 Å². The number of aromatic amines is 1. The van der Waals surface area contributed by atoms with Gasteiger partial charge in [-0.1, -0.05) is 104 Å². The van der Waals surface area contributed by atoms with E-state index in [1.54, 1.807) is 4.57 Å². The highest BCUT2D eigenvalue weighted by Gasteiger charge is 2.26. The number of benzene rings is 3. The third-order valence-electron chi connectivity index (χ3n) is 7.98. The van der Waals surface area contributed by atoms with E-state index in [1.807, 2.05) is 105 Å². The van der Waals surface area contributed by atoms with Crippen LogP contribution >= 0.6 is 23.1 Å². The molecule has 0 saturated heterocycles. The van der Waals surface area contributed by atoms with Crippen LogP contribution < -0.4 is 27.4 Å². The number of thioether (sulfide) groups is 1. The molecule has 3 heterocycles. The lowest BCUT2D eigenvalue weighted by Crippen LogP contribution is -2.42. The van der Waals surface area contributed by atoms with Crippen LogP contribution in [0.5, 0.6) is 0 Å². The number of carbonyl (C=O) groups excluding carboxylic acids is 1. The zero-order valence-electron chi connectivity index (χ0n) is 26.5. The number of H-pyrrole nitrogens is 1. The molecule has 0 fully saturated rings. The fourth-order valence-electron chi connectivity index (χ4n) is 5.47. The van der Waals surface area contributed by atoms with Crippen LogP contribution in [-0.4, -0.2) is 37.3 Å². The van der Waals surface area contributed by atoms with E-state index in [4.69, 9.17) is 10.7 Å². The molecule has 3 aromatic carbocycles. The van der Waals surface area contributed by atoms with Crippen LogP contribution in [0.1, 0.15) is 30.9 Å². The fourth-order valence-corrected chi connectivity index (χ4v) is 7.43. The molecule has 0 aliphatic rings. The molecule has 0 aliphatic heterocycles. The number of carbonyl (C=O) groups is 1. The van der Waals surface area contributed by atoms with Gasteiger partial charge in [-0.05, 0) is 42.2 Å². The molecule has 3 N–H and O–H groups in total. The Bertz CT molecular complexity index is 2280. The van der Waals surface area contributed by atoms with Gasteiger partial charge in [-0.2, -0.15) is 0 Å². The molecule has 0 bridgehead atoms. The summed E-state index contributed by atoms with van der Waals surface area (Å²) in [6, 6.07) is 28.4. The number of nitrogens with two attached hydrogens (primary N) is 1. The Morgan fingerprint density at radius 2 is 1.67 bits per heavy atom. The number of thiophene rings is 1. The van der Waals surface area contributed by atoms with E-state index >= 15 is 0 Å². The number of fused-ring (bicyclic) bond motifs is 1. The van der Waals surface area contributed by atoms with Gasteiger partial charge >= 0.3 is 5.69 Å². The van der Waals surface area contributed by atoms with Crippen molar-refractivity contribution in [3.05, 3.63) is 133 Å². The van der Waals surface area contributed by atoms with E-state index in [-0.39, 0.29) is 35.9 Å². The zero-order valence-corrected chi connectivity index (χ0v) is 28.1. The van der Waals surface area contributed by atoms with Crippen LogP contribution in [0.25, 0.3) is 26.3 Å². The minimum Gasteiger partial charge on any atom is -0.383 e. The maximum Gasteiger partial charge on any atom is 0.330 e. The predicted octanol–water partition coefficient (Wildman–Crippen LogP) is 5.83. The number of nitrogens with one attached hydrogen (secondary N) is 1. The van der Waals surface area contributed by atoms with Crippen molar-refractivity contribution in [3.63, 3.8) is 0 Å². The van der Waals surface area contributed by atoms with Crippen LogP contribution in [0.4, 0.5) is 11.5 Å². The SMILES string of the molecule is CCCCN(C(=O)CSc1nc2sc(-c3ccccc3)cc2c(=O)n1-c1ccccc1C)c1c(N)n(Cc2ccccc2)c(=O)[nH]c1=O.